The van der Waals surface area contributed by atoms with Crippen LogP contribution in [0.15, 0.2) is 77.2 Å². The molecule has 3 N–H and O–H groups in total. The summed E-state index contributed by atoms with van der Waals surface area (Å²) in [6, 6.07) is 20.6. The number of halogens is 1. The van der Waals surface area contributed by atoms with Gasteiger partial charge in [0.15, 0.2) is 0 Å². The van der Waals surface area contributed by atoms with Crippen LogP contribution in [0.2, 0.25) is 0 Å². The van der Waals surface area contributed by atoms with Crippen molar-refractivity contribution < 1.29 is 31.3 Å². The molecular weight excluding hydrogens is 511 g/mol. The number of furan rings is 1. The number of para-hydroxylation sites is 1. The maximum atomic E-state index is 14.9. The van der Waals surface area contributed by atoms with Crippen molar-refractivity contribution in [3.8, 4) is 17.1 Å². The van der Waals surface area contributed by atoms with E-state index in [1.54, 1.807) is 42.5 Å². The van der Waals surface area contributed by atoms with Crippen LogP contribution in [0.4, 0.5) is 10.1 Å². The van der Waals surface area contributed by atoms with Gasteiger partial charge in [-0.05, 0) is 54.4 Å². The molecule has 1 heterocycles. The number of anilines is 1. The summed E-state index contributed by atoms with van der Waals surface area (Å²) in [7, 11) is -4.14. The molecule has 0 aliphatic rings. The molecule has 0 aliphatic carbocycles. The van der Waals surface area contributed by atoms with Crippen LogP contribution >= 0.6 is 0 Å². The number of ether oxygens (including phenoxy) is 1. The Kier molecular flexibility index (Phi) is 8.33. The van der Waals surface area contributed by atoms with Crippen LogP contribution in [-0.4, -0.2) is 43.8 Å². The largest absolute Gasteiger partial charge is 0.491 e. The van der Waals surface area contributed by atoms with Crippen LogP contribution in [0.1, 0.15) is 24.2 Å². The number of carbonyl (C=O) groups excluding carboxylic acids is 1. The van der Waals surface area contributed by atoms with Crippen LogP contribution in [0.3, 0.4) is 0 Å². The molecule has 4 rings (SSSR count). The number of hydrogen-bond donors (Lipinski definition) is 3. The van der Waals surface area contributed by atoms with Gasteiger partial charge < -0.3 is 19.8 Å². The molecule has 0 radical (unpaired) electrons. The van der Waals surface area contributed by atoms with E-state index in [9.17, 15) is 17.6 Å². The van der Waals surface area contributed by atoms with Crippen molar-refractivity contribution in [1.29, 1.82) is 0 Å². The Morgan fingerprint density at radius 1 is 1.05 bits per heavy atom. The van der Waals surface area contributed by atoms with Gasteiger partial charge in [-0.1, -0.05) is 32.0 Å². The van der Waals surface area contributed by atoms with Gasteiger partial charge in [-0.15, -0.1) is 0 Å². The molecule has 0 saturated carbocycles. The zero-order chi connectivity index (χ0) is 27.3. The van der Waals surface area contributed by atoms with E-state index in [0.717, 1.165) is 11.1 Å². The van der Waals surface area contributed by atoms with Crippen molar-refractivity contribution in [2.75, 3.05) is 24.2 Å². The average molecular weight is 541 g/mol. The molecule has 0 unspecified atom stereocenters. The monoisotopic (exact) mass is 540 g/mol. The molecule has 10 heteroatoms. The first-order chi connectivity index (χ1) is 18.1. The van der Waals surface area contributed by atoms with Crippen LogP contribution in [0, 0.1) is 11.7 Å². The smallest absolute Gasteiger partial charge is 0.266 e. The molecule has 8 nitrogen and oxygen atoms in total. The van der Waals surface area contributed by atoms with E-state index in [1.807, 2.05) is 38.1 Å². The summed E-state index contributed by atoms with van der Waals surface area (Å²) in [6.07, 6.45) is 0. The van der Waals surface area contributed by atoms with Gasteiger partial charge >= 0.3 is 0 Å². The predicted octanol–water partition coefficient (Wildman–Crippen LogP) is 5.37. The first kappa shape index (κ1) is 27.2. The van der Waals surface area contributed by atoms with Crippen molar-refractivity contribution in [2.45, 2.75) is 19.9 Å². The van der Waals surface area contributed by atoms with E-state index in [4.69, 9.17) is 13.7 Å². The lowest BCUT2D eigenvalue weighted by molar-refractivity contribution is 0.0956. The molecule has 1 amide bonds. The summed E-state index contributed by atoms with van der Waals surface area (Å²) >= 11 is 0. The molecular formula is C28H29FN2O6S. The van der Waals surface area contributed by atoms with E-state index in [2.05, 4.69) is 10.6 Å². The molecule has 1 atom stereocenters. The number of carbonyl (C=O) groups is 1. The van der Waals surface area contributed by atoms with Crippen LogP contribution in [0.5, 0.6) is 5.75 Å². The van der Waals surface area contributed by atoms with Crippen LogP contribution < -0.4 is 15.4 Å². The minimum absolute atomic E-state index is 0.109. The van der Waals surface area contributed by atoms with Gasteiger partial charge in [0.2, 0.25) is 0 Å². The zero-order valence-corrected chi connectivity index (χ0v) is 21.8. The van der Waals surface area contributed by atoms with E-state index < -0.39 is 27.6 Å². The first-order valence-corrected chi connectivity index (χ1v) is 13.7. The minimum Gasteiger partial charge on any atom is -0.491 e. The maximum Gasteiger partial charge on any atom is 0.266 e. The molecule has 0 aliphatic heterocycles. The lowest BCUT2D eigenvalue weighted by Gasteiger charge is -2.24. The minimum atomic E-state index is -4.14. The fourth-order valence-corrected chi connectivity index (χ4v) is 4.17. The van der Waals surface area contributed by atoms with E-state index in [1.165, 1.54) is 6.07 Å². The molecule has 0 fully saturated rings. The topological polar surface area (TPSA) is 118 Å². The quantitative estimate of drug-likeness (QED) is 0.219. The fourth-order valence-electron chi connectivity index (χ4n) is 3.81. The van der Waals surface area contributed by atoms with Gasteiger partial charge in [0, 0.05) is 29.2 Å². The Bertz CT molecular complexity index is 1480. The third-order valence-corrected chi connectivity index (χ3v) is 6.73. The number of nitrogens with one attached hydrogen (secondary N) is 2. The van der Waals surface area contributed by atoms with E-state index in [0.29, 0.717) is 28.2 Å². The fraction of sp³-hybridized carbons (Fsp3) is 0.250. The Hall–Kier alpha value is -3.89. The molecule has 1 aromatic heterocycles. The van der Waals surface area contributed by atoms with Crippen molar-refractivity contribution in [2.24, 2.45) is 5.92 Å². The third-order valence-electron chi connectivity index (χ3n) is 6.01. The SMILES string of the molecule is CC(C)[C@@H](COc1ccc(-c2cc3ccccc3o2)c(F)c1)Nc1ccc(C(=O)NCCS(=O)(=O)O)cc1. The lowest BCUT2D eigenvalue weighted by atomic mass is 10.0. The van der Waals surface area contributed by atoms with Crippen molar-refractivity contribution in [1.82, 2.24) is 5.32 Å². The molecule has 200 valence electrons. The summed E-state index contributed by atoms with van der Waals surface area (Å²) in [4.78, 5) is 12.2. The molecule has 0 bridgehead atoms. The lowest BCUT2D eigenvalue weighted by Crippen LogP contribution is -2.32. The Morgan fingerprint density at radius 2 is 1.79 bits per heavy atom. The summed E-state index contributed by atoms with van der Waals surface area (Å²) in [5.74, 6) is -0.420. The molecule has 0 saturated heterocycles. The van der Waals surface area contributed by atoms with Gasteiger partial charge in [0.1, 0.15) is 29.5 Å². The molecule has 4 aromatic rings. The number of benzene rings is 3. The van der Waals surface area contributed by atoms with Crippen molar-refractivity contribution in [3.05, 3.63) is 84.2 Å². The Balaban J connectivity index is 1.35. The summed E-state index contributed by atoms with van der Waals surface area (Å²) < 4.78 is 56.9. The Morgan fingerprint density at radius 3 is 2.45 bits per heavy atom. The number of rotatable bonds is 11. The standard InChI is InChI=1S/C28H29FN2O6S/c1-18(2)25(31-21-9-7-19(8-10-21)28(32)30-13-14-38(33,34)35)17-36-22-11-12-23(24(29)16-22)27-15-20-5-3-4-6-26(20)37-27/h3-12,15-16,18,25,31H,13-14,17H2,1-2H3,(H,30,32)(H,33,34,35)/t25-/m1/s1. The molecule has 0 spiro atoms. The van der Waals surface area contributed by atoms with Gasteiger partial charge in [-0.2, -0.15) is 8.42 Å². The Labute approximate surface area is 220 Å². The van der Waals surface area contributed by atoms with Crippen LogP contribution in [0.25, 0.3) is 22.3 Å². The normalized spacial score (nSPS) is 12.4. The highest BCUT2D eigenvalue weighted by atomic mass is 32.2. The van der Waals surface area contributed by atoms with Gasteiger partial charge in [0.25, 0.3) is 16.0 Å². The zero-order valence-electron chi connectivity index (χ0n) is 21.0. The van der Waals surface area contributed by atoms with Crippen molar-refractivity contribution in [3.63, 3.8) is 0 Å². The summed E-state index contributed by atoms with van der Waals surface area (Å²) in [5.41, 5.74) is 2.16. The summed E-state index contributed by atoms with van der Waals surface area (Å²) in [5, 5.41) is 6.71. The molecule has 38 heavy (non-hydrogen) atoms. The third kappa shape index (κ3) is 7.11. The van der Waals surface area contributed by atoms with Gasteiger partial charge in [-0.3, -0.25) is 9.35 Å². The van der Waals surface area contributed by atoms with E-state index >= 15 is 0 Å². The number of fused-ring (bicyclic) bond motifs is 1. The van der Waals surface area contributed by atoms with Gasteiger partial charge in [0.05, 0.1) is 17.4 Å². The highest BCUT2D eigenvalue weighted by molar-refractivity contribution is 7.85. The number of hydrogen-bond acceptors (Lipinski definition) is 6. The molecule has 3 aromatic carbocycles. The maximum absolute atomic E-state index is 14.9. The predicted molar refractivity (Wildman–Crippen MR) is 145 cm³/mol. The van der Waals surface area contributed by atoms with Gasteiger partial charge in [-0.25, -0.2) is 4.39 Å². The van der Waals surface area contributed by atoms with E-state index in [-0.39, 0.29) is 25.1 Å². The first-order valence-electron chi connectivity index (χ1n) is 12.1. The number of amides is 1. The second-order valence-electron chi connectivity index (χ2n) is 9.22. The van der Waals surface area contributed by atoms with Crippen molar-refractivity contribution >= 4 is 32.7 Å². The highest BCUT2D eigenvalue weighted by Gasteiger charge is 2.17. The average Bonchev–Trinajstić information content (AvgIpc) is 3.30. The highest BCUT2D eigenvalue weighted by Crippen LogP contribution is 2.31. The second kappa shape index (κ2) is 11.7. The summed E-state index contributed by atoms with van der Waals surface area (Å²) in [6.45, 7) is 4.15. The van der Waals surface area contributed by atoms with Crippen LogP contribution in [-0.2, 0) is 10.1 Å². The second-order valence-corrected chi connectivity index (χ2v) is 10.8.